The molecule has 14 heavy (non-hydrogen) atoms. The number of amides is 1. The monoisotopic (exact) mass is 199 g/mol. The lowest BCUT2D eigenvalue weighted by Crippen LogP contribution is -2.12. The van der Waals surface area contributed by atoms with Gasteiger partial charge >= 0.3 is 0 Å². The van der Waals surface area contributed by atoms with Crippen LogP contribution in [0.1, 0.15) is 46.5 Å². The van der Waals surface area contributed by atoms with Crippen LogP contribution in [-0.4, -0.2) is 18.2 Å². The zero-order valence-corrected chi connectivity index (χ0v) is 9.43. The highest BCUT2D eigenvalue weighted by molar-refractivity contribution is 5.77. The van der Waals surface area contributed by atoms with Crippen molar-refractivity contribution < 1.29 is 9.59 Å². The molecule has 3 nitrogen and oxygen atoms in total. The quantitative estimate of drug-likeness (QED) is 0.754. The fourth-order valence-electron chi connectivity index (χ4n) is 1.20. The largest absolute Gasteiger partial charge is 0.356 e. The molecule has 0 aromatic carbocycles. The van der Waals surface area contributed by atoms with Crippen LogP contribution in [0, 0.1) is 5.92 Å². The van der Waals surface area contributed by atoms with Crippen LogP contribution in [-0.2, 0) is 9.59 Å². The number of Topliss-reactive ketones (excluding diaryl/α,β-unsaturated/α-hetero) is 1. The number of hydrogen-bond donors (Lipinski definition) is 1. The van der Waals surface area contributed by atoms with Gasteiger partial charge < -0.3 is 10.1 Å². The van der Waals surface area contributed by atoms with E-state index in [1.54, 1.807) is 6.92 Å². The van der Waals surface area contributed by atoms with Gasteiger partial charge in [0, 0.05) is 19.4 Å². The van der Waals surface area contributed by atoms with Crippen LogP contribution in [0.5, 0.6) is 0 Å². The van der Waals surface area contributed by atoms with Crippen molar-refractivity contribution in [1.29, 1.82) is 0 Å². The first-order valence-electron chi connectivity index (χ1n) is 5.32. The second-order valence-corrected chi connectivity index (χ2v) is 3.87. The molecule has 1 rings (SSSR count). The van der Waals surface area contributed by atoms with Gasteiger partial charge in [0.2, 0.25) is 5.91 Å². The summed E-state index contributed by atoms with van der Waals surface area (Å²) in [6.07, 6.45) is 3.62. The van der Waals surface area contributed by atoms with Crippen LogP contribution in [0.4, 0.5) is 0 Å². The molecule has 0 radical (unpaired) electrons. The third kappa shape index (κ3) is 7.77. The number of carbonyl (C=O) groups excluding carboxylic acids is 2. The van der Waals surface area contributed by atoms with Crippen molar-refractivity contribution >= 4 is 11.7 Å². The number of carbonyl (C=O) groups is 2. The van der Waals surface area contributed by atoms with Gasteiger partial charge in [-0.2, -0.15) is 0 Å². The van der Waals surface area contributed by atoms with Crippen molar-refractivity contribution in [2.24, 2.45) is 5.92 Å². The Morgan fingerprint density at radius 3 is 2.36 bits per heavy atom. The lowest BCUT2D eigenvalue weighted by atomic mass is 10.0. The maximum Gasteiger partial charge on any atom is 0.220 e. The molecule has 3 heteroatoms. The summed E-state index contributed by atoms with van der Waals surface area (Å²) < 4.78 is 0. The number of rotatable bonds is 3. The highest BCUT2D eigenvalue weighted by Gasteiger charge is 2.05. The second-order valence-electron chi connectivity index (χ2n) is 3.87. The fourth-order valence-corrected chi connectivity index (χ4v) is 1.20. The van der Waals surface area contributed by atoms with Gasteiger partial charge in [0.15, 0.2) is 0 Å². The van der Waals surface area contributed by atoms with Crippen molar-refractivity contribution in [3.05, 3.63) is 0 Å². The van der Waals surface area contributed by atoms with Crippen LogP contribution < -0.4 is 5.32 Å². The van der Waals surface area contributed by atoms with E-state index in [9.17, 15) is 9.59 Å². The van der Waals surface area contributed by atoms with Gasteiger partial charge in [0.25, 0.3) is 0 Å². The summed E-state index contributed by atoms with van der Waals surface area (Å²) >= 11 is 0. The van der Waals surface area contributed by atoms with Gasteiger partial charge in [-0.1, -0.05) is 20.3 Å². The number of nitrogens with one attached hydrogen (secondary N) is 1. The van der Waals surface area contributed by atoms with E-state index in [1.807, 2.05) is 0 Å². The summed E-state index contributed by atoms with van der Waals surface area (Å²) in [7, 11) is 0. The Morgan fingerprint density at radius 2 is 2.21 bits per heavy atom. The first kappa shape index (κ1) is 13.1. The van der Waals surface area contributed by atoms with Crippen molar-refractivity contribution in [3.8, 4) is 0 Å². The fraction of sp³-hybridized carbons (Fsp3) is 0.818. The van der Waals surface area contributed by atoms with Crippen LogP contribution in [0.2, 0.25) is 0 Å². The van der Waals surface area contributed by atoms with E-state index in [0.29, 0.717) is 11.7 Å². The van der Waals surface area contributed by atoms with Gasteiger partial charge in [-0.3, -0.25) is 4.79 Å². The first-order valence-corrected chi connectivity index (χ1v) is 5.32. The summed E-state index contributed by atoms with van der Waals surface area (Å²) in [5.41, 5.74) is 0. The minimum Gasteiger partial charge on any atom is -0.356 e. The Labute approximate surface area is 86.3 Å². The molecule has 1 fully saturated rings. The molecule has 0 spiro atoms. The molecule has 1 saturated heterocycles. The molecule has 1 N–H and O–H groups in total. The number of hydrogen-bond acceptors (Lipinski definition) is 2. The summed E-state index contributed by atoms with van der Waals surface area (Å²) in [5.74, 6) is 1.09. The van der Waals surface area contributed by atoms with Crippen LogP contribution in [0.25, 0.3) is 0 Å². The zero-order valence-electron chi connectivity index (χ0n) is 9.43. The third-order valence-electron chi connectivity index (χ3n) is 2.24. The predicted molar refractivity (Wildman–Crippen MR) is 57.0 cm³/mol. The predicted octanol–water partition coefficient (Wildman–Crippen LogP) is 1.91. The van der Waals surface area contributed by atoms with Crippen LogP contribution >= 0.6 is 0 Å². The number of ketones is 1. The Bertz CT molecular complexity index is 182. The van der Waals surface area contributed by atoms with Crippen molar-refractivity contribution in [2.45, 2.75) is 46.5 Å². The van der Waals surface area contributed by atoms with Crippen molar-refractivity contribution in [3.63, 3.8) is 0 Å². The maximum absolute atomic E-state index is 10.4. The van der Waals surface area contributed by atoms with Gasteiger partial charge in [-0.25, -0.2) is 0 Å². The summed E-state index contributed by atoms with van der Waals surface area (Å²) in [4.78, 5) is 20.5. The molecule has 0 unspecified atom stereocenters. The smallest absolute Gasteiger partial charge is 0.220 e. The third-order valence-corrected chi connectivity index (χ3v) is 2.24. The van der Waals surface area contributed by atoms with Gasteiger partial charge in [-0.05, 0) is 19.3 Å². The molecular weight excluding hydrogens is 178 g/mol. The van der Waals surface area contributed by atoms with E-state index >= 15 is 0 Å². The first-order chi connectivity index (χ1) is 6.56. The maximum atomic E-state index is 10.4. The molecule has 1 atom stereocenters. The van der Waals surface area contributed by atoms with E-state index in [1.165, 1.54) is 0 Å². The van der Waals surface area contributed by atoms with Crippen LogP contribution in [0.15, 0.2) is 0 Å². The Hall–Kier alpha value is -0.860. The zero-order chi connectivity index (χ0) is 11.0. The van der Waals surface area contributed by atoms with Gasteiger partial charge in [0.1, 0.15) is 5.78 Å². The SMILES string of the molecule is CC[C@H](C)CC(C)=O.O=C1CCCN1. The molecule has 0 bridgehead atoms. The molecule has 1 amide bonds. The van der Waals surface area contributed by atoms with E-state index in [2.05, 4.69) is 19.2 Å². The van der Waals surface area contributed by atoms with E-state index in [4.69, 9.17) is 0 Å². The minimum atomic E-state index is 0.204. The lowest BCUT2D eigenvalue weighted by molar-refractivity contribution is -0.119. The van der Waals surface area contributed by atoms with Gasteiger partial charge in [-0.15, -0.1) is 0 Å². The molecule has 1 aliphatic heterocycles. The molecule has 1 aliphatic rings. The molecule has 0 aromatic rings. The highest BCUT2D eigenvalue weighted by atomic mass is 16.1. The Balaban J connectivity index is 0.000000249. The molecule has 1 heterocycles. The standard InChI is InChI=1S/C7H14O.C4H7NO/c1-4-6(2)5-7(3)8;6-4-2-1-3-5-4/h6H,4-5H2,1-3H3;1-3H2,(H,5,6)/t6-;/m0./s1. The average molecular weight is 199 g/mol. The average Bonchev–Trinajstić information content (AvgIpc) is 2.56. The van der Waals surface area contributed by atoms with E-state index in [-0.39, 0.29) is 5.91 Å². The minimum absolute atomic E-state index is 0.204. The lowest BCUT2D eigenvalue weighted by Gasteiger charge is -2.01. The molecule has 82 valence electrons. The Morgan fingerprint density at radius 1 is 1.57 bits per heavy atom. The van der Waals surface area contributed by atoms with E-state index in [0.717, 1.165) is 32.2 Å². The van der Waals surface area contributed by atoms with Crippen LogP contribution in [0.3, 0.4) is 0 Å². The van der Waals surface area contributed by atoms with E-state index < -0.39 is 0 Å². The second kappa shape index (κ2) is 7.54. The molecule has 0 aliphatic carbocycles. The van der Waals surface area contributed by atoms with Crippen molar-refractivity contribution in [1.82, 2.24) is 5.32 Å². The highest BCUT2D eigenvalue weighted by Crippen LogP contribution is 2.05. The summed E-state index contributed by atoms with van der Waals surface area (Å²) in [6, 6.07) is 0. The normalized spacial score (nSPS) is 16.6. The summed E-state index contributed by atoms with van der Waals surface area (Å²) in [6.45, 7) is 6.74. The Kier molecular flexibility index (Phi) is 7.07. The van der Waals surface area contributed by atoms with Crippen molar-refractivity contribution in [2.75, 3.05) is 6.54 Å². The molecule has 0 saturated carbocycles. The summed E-state index contributed by atoms with van der Waals surface area (Å²) in [5, 5.41) is 2.68. The molecule has 0 aromatic heterocycles. The topological polar surface area (TPSA) is 46.2 Å². The van der Waals surface area contributed by atoms with Gasteiger partial charge in [0.05, 0.1) is 0 Å². The molecular formula is C11H21NO2.